The van der Waals surface area contributed by atoms with Crippen molar-refractivity contribution in [3.8, 4) is 11.5 Å². The van der Waals surface area contributed by atoms with Gasteiger partial charge in [0.05, 0.1) is 20.3 Å². The Morgan fingerprint density at radius 3 is 2.75 bits per heavy atom. The molecule has 0 radical (unpaired) electrons. The van der Waals surface area contributed by atoms with E-state index in [0.29, 0.717) is 25.4 Å². The van der Waals surface area contributed by atoms with Crippen LogP contribution in [0.15, 0.2) is 18.2 Å². The molecule has 0 saturated heterocycles. The summed E-state index contributed by atoms with van der Waals surface area (Å²) >= 11 is 0. The van der Waals surface area contributed by atoms with Crippen LogP contribution in [0.1, 0.15) is 5.56 Å². The molecule has 1 amide bonds. The summed E-state index contributed by atoms with van der Waals surface area (Å²) < 4.78 is 9.88. The predicted molar refractivity (Wildman–Crippen MR) is 75.9 cm³/mol. The monoisotopic (exact) mass is 282 g/mol. The van der Waals surface area contributed by atoms with E-state index < -0.39 is 0 Å². The molecule has 112 valence electrons. The summed E-state index contributed by atoms with van der Waals surface area (Å²) in [6.45, 7) is 1.73. The van der Waals surface area contributed by atoms with Crippen molar-refractivity contribution < 1.29 is 19.4 Å². The Kier molecular flexibility index (Phi) is 6.83. The average Bonchev–Trinajstić information content (AvgIpc) is 2.41. The second-order valence-electron chi connectivity index (χ2n) is 4.51. The molecule has 0 aromatic heterocycles. The number of nitrogens with one attached hydrogen (secondary N) is 1. The Morgan fingerprint density at radius 1 is 1.40 bits per heavy atom. The fourth-order valence-electron chi connectivity index (χ4n) is 1.74. The topological polar surface area (TPSA) is 71.0 Å². The number of rotatable bonds is 8. The van der Waals surface area contributed by atoms with Crippen molar-refractivity contribution >= 4 is 5.91 Å². The van der Waals surface area contributed by atoms with Gasteiger partial charge in [-0.05, 0) is 13.1 Å². The minimum Gasteiger partial charge on any atom is -0.507 e. The largest absolute Gasteiger partial charge is 0.507 e. The van der Waals surface area contributed by atoms with Crippen LogP contribution in [-0.2, 0) is 16.1 Å². The van der Waals surface area contributed by atoms with Crippen molar-refractivity contribution in [3.05, 3.63) is 23.8 Å². The van der Waals surface area contributed by atoms with Crippen LogP contribution in [0.25, 0.3) is 0 Å². The molecule has 0 aliphatic rings. The molecule has 0 fully saturated rings. The van der Waals surface area contributed by atoms with Crippen LogP contribution in [0, 0.1) is 0 Å². The Labute approximate surface area is 119 Å². The lowest BCUT2D eigenvalue weighted by atomic mass is 10.2. The predicted octanol–water partition coefficient (Wildman–Crippen LogP) is 0.595. The lowest BCUT2D eigenvalue weighted by Gasteiger charge is -2.17. The van der Waals surface area contributed by atoms with E-state index in [1.54, 1.807) is 32.4 Å². The molecule has 6 nitrogen and oxygen atoms in total. The van der Waals surface area contributed by atoms with E-state index in [1.165, 1.54) is 0 Å². The quantitative estimate of drug-likeness (QED) is 0.683. The smallest absolute Gasteiger partial charge is 0.234 e. The number of phenolic OH excluding ortho intramolecular Hbond substituents is 1. The van der Waals surface area contributed by atoms with E-state index >= 15 is 0 Å². The molecule has 0 aliphatic heterocycles. The Balaban J connectivity index is 2.45. The summed E-state index contributed by atoms with van der Waals surface area (Å²) in [5.74, 6) is 0.694. The van der Waals surface area contributed by atoms with E-state index in [1.807, 2.05) is 11.9 Å². The zero-order valence-corrected chi connectivity index (χ0v) is 12.2. The molecule has 1 aromatic carbocycles. The molecule has 1 rings (SSSR count). The third kappa shape index (κ3) is 5.46. The Morgan fingerprint density at radius 2 is 2.15 bits per heavy atom. The third-order valence-corrected chi connectivity index (χ3v) is 2.77. The van der Waals surface area contributed by atoms with Crippen LogP contribution in [0.3, 0.4) is 0 Å². The molecule has 0 saturated carbocycles. The molecule has 20 heavy (non-hydrogen) atoms. The molecule has 0 aliphatic carbocycles. The van der Waals surface area contributed by atoms with E-state index in [9.17, 15) is 9.90 Å². The summed E-state index contributed by atoms with van der Waals surface area (Å²) in [6.07, 6.45) is 0. The maximum Gasteiger partial charge on any atom is 0.234 e. The van der Waals surface area contributed by atoms with Gasteiger partial charge in [0.25, 0.3) is 0 Å². The molecular formula is C14H22N2O4. The normalized spacial score (nSPS) is 10.6. The summed E-state index contributed by atoms with van der Waals surface area (Å²) in [7, 11) is 4.95. The number of methoxy groups -OCH3 is 2. The number of amides is 1. The highest BCUT2D eigenvalue weighted by Crippen LogP contribution is 2.24. The highest BCUT2D eigenvalue weighted by molar-refractivity contribution is 5.77. The molecule has 0 spiro atoms. The first kappa shape index (κ1) is 16.3. The number of hydrogen-bond donors (Lipinski definition) is 2. The number of ether oxygens (including phenoxy) is 2. The highest BCUT2D eigenvalue weighted by atomic mass is 16.5. The van der Waals surface area contributed by atoms with E-state index in [2.05, 4.69) is 5.32 Å². The SMILES string of the molecule is COCCNC(=O)CN(C)Cc1ccc(OC)cc1O. The van der Waals surface area contributed by atoms with Gasteiger partial charge in [0.2, 0.25) is 5.91 Å². The molecule has 0 heterocycles. The molecule has 2 N–H and O–H groups in total. The standard InChI is InChI=1S/C14H22N2O4/c1-16(10-14(18)15-6-7-19-2)9-11-4-5-12(20-3)8-13(11)17/h4-5,8,17H,6-7,9-10H2,1-3H3,(H,15,18). The number of aromatic hydroxyl groups is 1. The van der Waals surface area contributed by atoms with Crippen LogP contribution in [0.4, 0.5) is 0 Å². The average molecular weight is 282 g/mol. The zero-order valence-electron chi connectivity index (χ0n) is 12.2. The maximum atomic E-state index is 11.6. The molecule has 0 atom stereocenters. The summed E-state index contributed by atoms with van der Waals surface area (Å²) in [5.41, 5.74) is 0.748. The van der Waals surface area contributed by atoms with Gasteiger partial charge in [0.1, 0.15) is 11.5 Å². The fourth-order valence-corrected chi connectivity index (χ4v) is 1.74. The molecule has 0 unspecified atom stereocenters. The van der Waals surface area contributed by atoms with Gasteiger partial charge in [0.15, 0.2) is 0 Å². The van der Waals surface area contributed by atoms with Gasteiger partial charge in [-0.3, -0.25) is 9.69 Å². The zero-order chi connectivity index (χ0) is 15.0. The molecule has 0 bridgehead atoms. The van der Waals surface area contributed by atoms with Crippen LogP contribution in [0.2, 0.25) is 0 Å². The summed E-state index contributed by atoms with van der Waals surface area (Å²) in [4.78, 5) is 13.4. The van der Waals surface area contributed by atoms with Crippen LogP contribution < -0.4 is 10.1 Å². The first-order valence-corrected chi connectivity index (χ1v) is 6.37. The van der Waals surface area contributed by atoms with E-state index in [4.69, 9.17) is 9.47 Å². The number of benzene rings is 1. The lowest BCUT2D eigenvalue weighted by molar-refractivity contribution is -0.122. The van der Waals surface area contributed by atoms with Gasteiger partial charge in [0, 0.05) is 31.8 Å². The summed E-state index contributed by atoms with van der Waals surface area (Å²) in [5, 5.41) is 12.6. The number of nitrogens with zero attached hydrogens (tertiary/aromatic N) is 1. The van der Waals surface area contributed by atoms with Crippen LogP contribution in [0.5, 0.6) is 11.5 Å². The van der Waals surface area contributed by atoms with Crippen molar-refractivity contribution in [2.45, 2.75) is 6.54 Å². The molecule has 1 aromatic rings. The number of carbonyl (C=O) groups excluding carboxylic acids is 1. The van der Waals surface area contributed by atoms with Crippen molar-refractivity contribution in [3.63, 3.8) is 0 Å². The Hall–Kier alpha value is -1.79. The van der Waals surface area contributed by atoms with Crippen molar-refractivity contribution in [2.75, 3.05) is 41.0 Å². The van der Waals surface area contributed by atoms with Gasteiger partial charge >= 0.3 is 0 Å². The van der Waals surface area contributed by atoms with Crippen LogP contribution >= 0.6 is 0 Å². The minimum atomic E-state index is -0.0717. The third-order valence-electron chi connectivity index (χ3n) is 2.77. The molecular weight excluding hydrogens is 260 g/mol. The first-order chi connectivity index (χ1) is 9.56. The van der Waals surface area contributed by atoms with Gasteiger partial charge in [-0.2, -0.15) is 0 Å². The summed E-state index contributed by atoms with van der Waals surface area (Å²) in [6, 6.07) is 5.12. The second-order valence-corrected chi connectivity index (χ2v) is 4.51. The molecule has 6 heteroatoms. The first-order valence-electron chi connectivity index (χ1n) is 6.37. The van der Waals surface area contributed by atoms with Crippen LogP contribution in [-0.4, -0.2) is 56.9 Å². The lowest BCUT2D eigenvalue weighted by Crippen LogP contribution is -2.36. The van der Waals surface area contributed by atoms with E-state index in [0.717, 1.165) is 5.56 Å². The number of likely N-dealkylation sites (N-methyl/N-ethyl adjacent to an activating group) is 1. The second kappa shape index (κ2) is 8.39. The van der Waals surface area contributed by atoms with Gasteiger partial charge in [-0.1, -0.05) is 6.07 Å². The van der Waals surface area contributed by atoms with Crippen molar-refractivity contribution in [2.24, 2.45) is 0 Å². The maximum absolute atomic E-state index is 11.6. The number of phenols is 1. The number of carbonyl (C=O) groups is 1. The van der Waals surface area contributed by atoms with Gasteiger partial charge in [-0.15, -0.1) is 0 Å². The Bertz CT molecular complexity index is 437. The minimum absolute atomic E-state index is 0.0717. The van der Waals surface area contributed by atoms with E-state index in [-0.39, 0.29) is 18.2 Å². The highest BCUT2D eigenvalue weighted by Gasteiger charge is 2.09. The fraction of sp³-hybridized carbons (Fsp3) is 0.500. The van der Waals surface area contributed by atoms with Crippen molar-refractivity contribution in [1.82, 2.24) is 10.2 Å². The van der Waals surface area contributed by atoms with Crippen molar-refractivity contribution in [1.29, 1.82) is 0 Å². The van der Waals surface area contributed by atoms with Gasteiger partial charge < -0.3 is 19.9 Å². The van der Waals surface area contributed by atoms with Gasteiger partial charge in [-0.25, -0.2) is 0 Å². The number of hydrogen-bond acceptors (Lipinski definition) is 5.